The van der Waals surface area contributed by atoms with E-state index in [0.29, 0.717) is 11.0 Å². The van der Waals surface area contributed by atoms with Crippen molar-refractivity contribution in [3.05, 3.63) is 44.1 Å². The second-order valence-electron chi connectivity index (χ2n) is 5.27. The lowest BCUT2D eigenvalue weighted by molar-refractivity contribution is -0.144. The highest BCUT2D eigenvalue weighted by Gasteiger charge is 2.19. The van der Waals surface area contributed by atoms with Gasteiger partial charge in [-0.3, -0.25) is 19.1 Å². The first-order chi connectivity index (χ1) is 10.9. The van der Waals surface area contributed by atoms with Gasteiger partial charge in [0.05, 0.1) is 11.0 Å². The van der Waals surface area contributed by atoms with Gasteiger partial charge >= 0.3 is 11.7 Å². The van der Waals surface area contributed by atoms with Gasteiger partial charge in [0.25, 0.3) is 5.56 Å². The first-order valence-corrected chi connectivity index (χ1v) is 6.92. The number of rotatable bonds is 2. The van der Waals surface area contributed by atoms with Crippen molar-refractivity contribution >= 4 is 17.0 Å². The molecule has 0 spiro atoms. The third-order valence-corrected chi connectivity index (χ3v) is 3.62. The van der Waals surface area contributed by atoms with Crippen LogP contribution in [-0.2, 0) is 16.3 Å². The van der Waals surface area contributed by atoms with Gasteiger partial charge in [-0.1, -0.05) is 0 Å². The highest BCUT2D eigenvalue weighted by Crippen LogP contribution is 2.23. The van der Waals surface area contributed by atoms with E-state index < -0.39 is 17.2 Å². The number of esters is 1. The highest BCUT2D eigenvalue weighted by atomic mass is 16.5. The number of fused-ring (bicyclic) bond motifs is 2. The molecule has 0 atom stereocenters. The minimum Gasteiger partial charge on any atom is -0.444 e. The molecule has 0 amide bonds. The van der Waals surface area contributed by atoms with E-state index in [-0.39, 0.29) is 18.2 Å². The predicted molar refractivity (Wildman–Crippen MR) is 82.3 cm³/mol. The number of carbonyl (C=O) groups excluding carboxylic acids is 1. The van der Waals surface area contributed by atoms with Gasteiger partial charge in [0.15, 0.2) is 18.2 Å². The molecule has 0 radical (unpaired) electrons. The Labute approximate surface area is 130 Å². The van der Waals surface area contributed by atoms with Gasteiger partial charge in [0.1, 0.15) is 0 Å². The van der Waals surface area contributed by atoms with Crippen molar-refractivity contribution in [1.82, 2.24) is 19.5 Å². The number of ether oxygens (including phenoxy) is 1. The van der Waals surface area contributed by atoms with E-state index in [0.717, 1.165) is 11.1 Å². The first-order valence-electron chi connectivity index (χ1n) is 6.92. The smallest absolute Gasteiger partial charge is 0.349 e. The van der Waals surface area contributed by atoms with E-state index in [9.17, 15) is 14.4 Å². The van der Waals surface area contributed by atoms with E-state index >= 15 is 0 Å². The summed E-state index contributed by atoms with van der Waals surface area (Å²) in [5, 5.41) is 0. The van der Waals surface area contributed by atoms with E-state index in [4.69, 9.17) is 4.74 Å². The van der Waals surface area contributed by atoms with Crippen LogP contribution in [0.2, 0.25) is 0 Å². The number of carbonyl (C=O) groups is 1. The third kappa shape index (κ3) is 2.59. The van der Waals surface area contributed by atoms with Gasteiger partial charge in [0, 0.05) is 6.92 Å². The third-order valence-electron chi connectivity index (χ3n) is 3.62. The number of nitrogens with one attached hydrogen (secondary N) is 1. The average molecular weight is 314 g/mol. The van der Waals surface area contributed by atoms with Gasteiger partial charge in [0.2, 0.25) is 0 Å². The molecule has 3 rings (SSSR count). The molecule has 2 heterocycles. The molecule has 1 N–H and O–H groups in total. The molecule has 1 aromatic rings. The number of aromatic nitrogens is 4. The Bertz CT molecular complexity index is 1020. The highest BCUT2D eigenvalue weighted by molar-refractivity contribution is 5.81. The van der Waals surface area contributed by atoms with Crippen LogP contribution in [0.15, 0.2) is 21.7 Å². The minimum atomic E-state index is -0.774. The Morgan fingerprint density at radius 2 is 1.91 bits per heavy atom. The molecule has 0 unspecified atom stereocenters. The van der Waals surface area contributed by atoms with Crippen LogP contribution in [0.3, 0.4) is 0 Å². The molecule has 0 saturated heterocycles. The van der Waals surface area contributed by atoms with Crippen LogP contribution in [0.5, 0.6) is 0 Å². The van der Waals surface area contributed by atoms with Crippen LogP contribution in [0.1, 0.15) is 18.1 Å². The summed E-state index contributed by atoms with van der Waals surface area (Å²) in [5.41, 5.74) is 1.81. The molecule has 118 valence electrons. The Morgan fingerprint density at radius 3 is 2.61 bits per heavy atom. The number of H-pyrrole nitrogens is 1. The largest absolute Gasteiger partial charge is 0.444 e. The summed E-state index contributed by atoms with van der Waals surface area (Å²) >= 11 is 0. The van der Waals surface area contributed by atoms with Crippen molar-refractivity contribution in [3.8, 4) is 11.5 Å². The normalized spacial score (nSPS) is 11.1. The molecule has 0 bridgehead atoms. The second kappa shape index (κ2) is 5.31. The summed E-state index contributed by atoms with van der Waals surface area (Å²) < 4.78 is 6.54. The molecule has 2 aliphatic heterocycles. The van der Waals surface area contributed by atoms with Gasteiger partial charge in [-0.2, -0.15) is 4.98 Å². The van der Waals surface area contributed by atoms with Crippen molar-refractivity contribution in [2.24, 2.45) is 0 Å². The zero-order valence-electron chi connectivity index (χ0n) is 12.8. The zero-order valence-corrected chi connectivity index (χ0v) is 12.8. The van der Waals surface area contributed by atoms with Crippen molar-refractivity contribution < 1.29 is 9.53 Å². The Morgan fingerprint density at radius 1 is 1.22 bits per heavy atom. The van der Waals surface area contributed by atoms with E-state index in [2.05, 4.69) is 15.0 Å². The Kier molecular flexibility index (Phi) is 3.44. The zero-order chi connectivity index (χ0) is 16.7. The van der Waals surface area contributed by atoms with Gasteiger partial charge in [-0.05, 0) is 37.1 Å². The molecule has 8 nitrogen and oxygen atoms in total. The van der Waals surface area contributed by atoms with Gasteiger partial charge in [-0.25, -0.2) is 9.78 Å². The lowest BCUT2D eigenvalue weighted by Crippen LogP contribution is -2.29. The summed E-state index contributed by atoms with van der Waals surface area (Å²) in [7, 11) is 0. The standard InChI is InChI=1S/C15H14N4O4/c1-7-4-10-11(5-8(7)2)19(6-23-9(3)20)13-12(16-10)14(21)18-15(22)17-13/h4-5H,6H2,1-3H3,(H,18,21,22). The molecule has 0 aliphatic carbocycles. The number of aryl methyl sites for hydroxylation is 2. The van der Waals surface area contributed by atoms with Crippen molar-refractivity contribution in [3.63, 3.8) is 0 Å². The monoisotopic (exact) mass is 314 g/mol. The SMILES string of the molecule is CC(=O)OCn1c2nc(=O)[nH]c(=O)c-2nc2cc(C)c(C)cc21. The molecule has 1 aromatic carbocycles. The molecule has 0 aromatic heterocycles. The summed E-state index contributed by atoms with van der Waals surface area (Å²) in [4.78, 5) is 44.9. The molecule has 2 aliphatic rings. The second-order valence-corrected chi connectivity index (χ2v) is 5.27. The van der Waals surface area contributed by atoms with Crippen LogP contribution in [0.25, 0.3) is 22.6 Å². The summed E-state index contributed by atoms with van der Waals surface area (Å²) in [6, 6.07) is 3.69. The molecular weight excluding hydrogens is 300 g/mol. The maximum atomic E-state index is 12.0. The number of benzene rings is 1. The minimum absolute atomic E-state index is 0.0208. The van der Waals surface area contributed by atoms with E-state index in [1.807, 2.05) is 26.0 Å². The number of hydrogen-bond acceptors (Lipinski definition) is 6. The Balaban J connectivity index is 2.44. The fourth-order valence-corrected chi connectivity index (χ4v) is 2.34. The average Bonchev–Trinajstić information content (AvgIpc) is 2.46. The first kappa shape index (κ1) is 14.9. The fraction of sp³-hybridized carbons (Fsp3) is 0.267. The van der Waals surface area contributed by atoms with Crippen LogP contribution in [0.4, 0.5) is 0 Å². The predicted octanol–water partition coefficient (Wildman–Crippen LogP) is 0.722. The summed E-state index contributed by atoms with van der Waals surface area (Å²) in [6.45, 7) is 4.98. The molecular formula is C15H14N4O4. The maximum absolute atomic E-state index is 12.0. The quantitative estimate of drug-likeness (QED) is 0.552. The van der Waals surface area contributed by atoms with Crippen molar-refractivity contribution in [2.75, 3.05) is 0 Å². The lowest BCUT2D eigenvalue weighted by atomic mass is 10.1. The van der Waals surface area contributed by atoms with E-state index in [1.54, 1.807) is 0 Å². The Hall–Kier alpha value is -3.03. The van der Waals surface area contributed by atoms with Crippen LogP contribution < -0.4 is 11.2 Å². The summed E-state index contributed by atoms with van der Waals surface area (Å²) in [6.07, 6.45) is 0. The molecule has 23 heavy (non-hydrogen) atoms. The van der Waals surface area contributed by atoms with Crippen molar-refractivity contribution in [1.29, 1.82) is 0 Å². The summed E-state index contributed by atoms with van der Waals surface area (Å²) in [5.74, 6) is -0.401. The molecule has 0 fully saturated rings. The fourth-order valence-electron chi connectivity index (χ4n) is 2.34. The van der Waals surface area contributed by atoms with Crippen LogP contribution in [0, 0.1) is 13.8 Å². The van der Waals surface area contributed by atoms with E-state index in [1.165, 1.54) is 11.5 Å². The van der Waals surface area contributed by atoms with Gasteiger partial charge < -0.3 is 4.74 Å². The topological polar surface area (TPSA) is 107 Å². The van der Waals surface area contributed by atoms with Crippen LogP contribution >= 0.6 is 0 Å². The maximum Gasteiger partial charge on any atom is 0.349 e. The number of aromatic amines is 1. The number of hydrogen-bond donors (Lipinski definition) is 1. The number of nitrogens with zero attached hydrogens (tertiary/aromatic N) is 3. The molecule has 0 saturated carbocycles. The van der Waals surface area contributed by atoms with Crippen molar-refractivity contribution in [2.45, 2.75) is 27.5 Å². The van der Waals surface area contributed by atoms with Crippen LogP contribution in [-0.4, -0.2) is 25.5 Å². The lowest BCUT2D eigenvalue weighted by Gasteiger charge is -2.17. The molecule has 8 heteroatoms. The van der Waals surface area contributed by atoms with Gasteiger partial charge in [-0.15, -0.1) is 0 Å².